The zero-order chi connectivity index (χ0) is 18.8. The van der Waals surface area contributed by atoms with Crippen LogP contribution in [0.2, 0.25) is 0 Å². The van der Waals surface area contributed by atoms with Gasteiger partial charge in [-0.1, -0.05) is 42.0 Å². The highest BCUT2D eigenvalue weighted by atomic mass is 16.3. The number of carbonyl (C=O) groups excluding carboxylic acids is 1. The van der Waals surface area contributed by atoms with Crippen LogP contribution in [0.25, 0.3) is 33.8 Å². The number of aromatic nitrogens is 1. The van der Waals surface area contributed by atoms with E-state index < -0.39 is 5.91 Å². The molecule has 0 aliphatic carbocycles. The molecular formula is C23H18N2O2. The number of primary amides is 1. The van der Waals surface area contributed by atoms with E-state index in [1.807, 2.05) is 36.4 Å². The van der Waals surface area contributed by atoms with Gasteiger partial charge < -0.3 is 10.2 Å². The van der Waals surface area contributed by atoms with Crippen LogP contribution in [-0.2, 0) is 0 Å². The van der Waals surface area contributed by atoms with Gasteiger partial charge in [0.1, 0.15) is 5.69 Å². The molecule has 0 aliphatic rings. The molecule has 0 spiro atoms. The molecule has 2 aromatic carbocycles. The van der Waals surface area contributed by atoms with Crippen molar-refractivity contribution in [1.29, 1.82) is 0 Å². The molecule has 0 atom stereocenters. The Kier molecular flexibility index (Phi) is 4.30. The first-order chi connectivity index (χ1) is 13.1. The molecule has 1 amide bonds. The van der Waals surface area contributed by atoms with E-state index in [1.165, 1.54) is 5.56 Å². The molecule has 132 valence electrons. The smallest absolute Gasteiger partial charge is 0.248 e. The Hall–Kier alpha value is -3.66. The predicted octanol–water partition coefficient (Wildman–Crippen LogP) is 5.08. The molecule has 0 saturated heterocycles. The number of benzene rings is 2. The second-order valence-electron chi connectivity index (χ2n) is 6.41. The Morgan fingerprint density at radius 2 is 1.52 bits per heavy atom. The van der Waals surface area contributed by atoms with Crippen molar-refractivity contribution < 1.29 is 9.21 Å². The SMILES string of the molecule is Cc1ccc(-c2cc(-c3ccc(C(N)=O)cc3)cc(-c3ccco3)n2)cc1. The van der Waals surface area contributed by atoms with Crippen molar-refractivity contribution in [3.63, 3.8) is 0 Å². The Labute approximate surface area is 157 Å². The molecule has 0 radical (unpaired) electrons. The van der Waals surface area contributed by atoms with Crippen LogP contribution in [-0.4, -0.2) is 10.9 Å². The normalized spacial score (nSPS) is 10.7. The molecule has 4 aromatic rings. The molecule has 4 rings (SSSR count). The third-order valence-electron chi connectivity index (χ3n) is 4.45. The maximum absolute atomic E-state index is 11.3. The zero-order valence-electron chi connectivity index (χ0n) is 14.8. The fourth-order valence-electron chi connectivity index (χ4n) is 2.95. The highest BCUT2D eigenvalue weighted by Gasteiger charge is 2.11. The van der Waals surface area contributed by atoms with Crippen molar-refractivity contribution in [2.75, 3.05) is 0 Å². The highest BCUT2D eigenvalue weighted by Crippen LogP contribution is 2.30. The van der Waals surface area contributed by atoms with Gasteiger partial charge in [-0.15, -0.1) is 0 Å². The summed E-state index contributed by atoms with van der Waals surface area (Å²) in [7, 11) is 0. The van der Waals surface area contributed by atoms with E-state index in [9.17, 15) is 4.79 Å². The van der Waals surface area contributed by atoms with Crippen LogP contribution in [0.1, 0.15) is 15.9 Å². The van der Waals surface area contributed by atoms with Gasteiger partial charge in [0.2, 0.25) is 5.91 Å². The van der Waals surface area contributed by atoms with E-state index in [-0.39, 0.29) is 0 Å². The summed E-state index contributed by atoms with van der Waals surface area (Å²) in [5, 5.41) is 0. The molecule has 0 fully saturated rings. The maximum atomic E-state index is 11.3. The Balaban J connectivity index is 1.85. The molecule has 27 heavy (non-hydrogen) atoms. The fraction of sp³-hybridized carbons (Fsp3) is 0.0435. The summed E-state index contributed by atoms with van der Waals surface area (Å²) in [5.74, 6) is 0.270. The molecule has 0 aliphatic heterocycles. The number of carbonyl (C=O) groups is 1. The number of hydrogen-bond acceptors (Lipinski definition) is 3. The zero-order valence-corrected chi connectivity index (χ0v) is 14.8. The summed E-state index contributed by atoms with van der Waals surface area (Å²) in [5.41, 5.74) is 11.6. The highest BCUT2D eigenvalue weighted by molar-refractivity contribution is 5.93. The van der Waals surface area contributed by atoms with Crippen molar-refractivity contribution in [3.05, 3.63) is 90.2 Å². The van der Waals surface area contributed by atoms with E-state index in [4.69, 9.17) is 15.1 Å². The monoisotopic (exact) mass is 354 g/mol. The molecule has 2 heterocycles. The molecular weight excluding hydrogens is 336 g/mol. The van der Waals surface area contributed by atoms with Crippen LogP contribution in [0.4, 0.5) is 0 Å². The number of amides is 1. The lowest BCUT2D eigenvalue weighted by Crippen LogP contribution is -2.10. The molecule has 4 heteroatoms. The standard InChI is InChI=1S/C23H18N2O2/c1-15-4-6-17(7-5-15)20-13-19(14-21(25-20)22-3-2-12-27-22)16-8-10-18(11-9-16)23(24)26/h2-14H,1H3,(H2,24,26). The number of furan rings is 1. The first-order valence-electron chi connectivity index (χ1n) is 8.63. The summed E-state index contributed by atoms with van der Waals surface area (Å²) >= 11 is 0. The Morgan fingerprint density at radius 1 is 0.852 bits per heavy atom. The van der Waals surface area contributed by atoms with Gasteiger partial charge in [0.25, 0.3) is 0 Å². The molecule has 2 aromatic heterocycles. The lowest BCUT2D eigenvalue weighted by Gasteiger charge is -2.09. The molecule has 2 N–H and O–H groups in total. The average molecular weight is 354 g/mol. The van der Waals surface area contributed by atoms with Crippen LogP contribution in [0.15, 0.2) is 83.5 Å². The number of nitrogens with zero attached hydrogens (tertiary/aromatic N) is 1. The van der Waals surface area contributed by atoms with Gasteiger partial charge in [-0.05, 0) is 54.4 Å². The maximum Gasteiger partial charge on any atom is 0.248 e. The van der Waals surface area contributed by atoms with Crippen molar-refractivity contribution in [3.8, 4) is 33.8 Å². The third-order valence-corrected chi connectivity index (χ3v) is 4.45. The van der Waals surface area contributed by atoms with Gasteiger partial charge in [0.15, 0.2) is 5.76 Å². The Morgan fingerprint density at radius 3 is 2.15 bits per heavy atom. The van der Waals surface area contributed by atoms with Crippen LogP contribution >= 0.6 is 0 Å². The predicted molar refractivity (Wildman–Crippen MR) is 106 cm³/mol. The van der Waals surface area contributed by atoms with Gasteiger partial charge >= 0.3 is 0 Å². The molecule has 4 nitrogen and oxygen atoms in total. The number of hydrogen-bond donors (Lipinski definition) is 1. The summed E-state index contributed by atoms with van der Waals surface area (Å²) in [6.07, 6.45) is 1.64. The van der Waals surface area contributed by atoms with Gasteiger partial charge in [0, 0.05) is 11.1 Å². The molecule has 0 bridgehead atoms. The van der Waals surface area contributed by atoms with Gasteiger partial charge in [-0.3, -0.25) is 4.79 Å². The van der Waals surface area contributed by atoms with E-state index in [0.717, 1.165) is 28.1 Å². The third kappa shape index (κ3) is 3.51. The minimum atomic E-state index is -0.437. The summed E-state index contributed by atoms with van der Waals surface area (Å²) in [6.45, 7) is 2.06. The van der Waals surface area contributed by atoms with Crippen LogP contribution in [0.5, 0.6) is 0 Å². The summed E-state index contributed by atoms with van der Waals surface area (Å²) in [6, 6.07) is 23.3. The van der Waals surface area contributed by atoms with Gasteiger partial charge in [-0.2, -0.15) is 0 Å². The van der Waals surface area contributed by atoms with E-state index in [2.05, 4.69) is 31.2 Å². The van der Waals surface area contributed by atoms with Crippen molar-refractivity contribution >= 4 is 5.91 Å². The topological polar surface area (TPSA) is 69.1 Å². The minimum Gasteiger partial charge on any atom is -0.463 e. The number of rotatable bonds is 4. The first-order valence-corrected chi connectivity index (χ1v) is 8.63. The number of nitrogens with two attached hydrogens (primary N) is 1. The largest absolute Gasteiger partial charge is 0.463 e. The Bertz CT molecular complexity index is 1080. The first kappa shape index (κ1) is 16.8. The van der Waals surface area contributed by atoms with Crippen LogP contribution in [0, 0.1) is 6.92 Å². The van der Waals surface area contributed by atoms with Gasteiger partial charge in [-0.25, -0.2) is 4.98 Å². The fourth-order valence-corrected chi connectivity index (χ4v) is 2.95. The van der Waals surface area contributed by atoms with Crippen LogP contribution in [0.3, 0.4) is 0 Å². The van der Waals surface area contributed by atoms with Crippen molar-refractivity contribution in [2.45, 2.75) is 6.92 Å². The quantitative estimate of drug-likeness (QED) is 0.555. The molecule has 0 saturated carbocycles. The van der Waals surface area contributed by atoms with Crippen molar-refractivity contribution in [2.24, 2.45) is 5.73 Å². The van der Waals surface area contributed by atoms with E-state index >= 15 is 0 Å². The lowest BCUT2D eigenvalue weighted by molar-refractivity contribution is 0.100. The molecule has 0 unspecified atom stereocenters. The minimum absolute atomic E-state index is 0.437. The number of pyridine rings is 1. The second kappa shape index (κ2) is 6.92. The van der Waals surface area contributed by atoms with Crippen molar-refractivity contribution in [1.82, 2.24) is 4.98 Å². The van der Waals surface area contributed by atoms with E-state index in [0.29, 0.717) is 11.3 Å². The number of aryl methyl sites for hydroxylation is 1. The van der Waals surface area contributed by atoms with E-state index in [1.54, 1.807) is 18.4 Å². The average Bonchev–Trinajstić information content (AvgIpc) is 3.23. The lowest BCUT2D eigenvalue weighted by atomic mass is 10.00. The summed E-state index contributed by atoms with van der Waals surface area (Å²) in [4.78, 5) is 16.1. The summed E-state index contributed by atoms with van der Waals surface area (Å²) < 4.78 is 5.55. The second-order valence-corrected chi connectivity index (χ2v) is 6.41. The van der Waals surface area contributed by atoms with Gasteiger partial charge in [0.05, 0.1) is 12.0 Å². The van der Waals surface area contributed by atoms with Crippen LogP contribution < -0.4 is 5.73 Å².